The average Bonchev–Trinajstić information content (AvgIpc) is 3.03. The van der Waals surface area contributed by atoms with Crippen LogP contribution >= 0.6 is 11.8 Å². The number of ether oxygens (including phenoxy) is 1. The van der Waals surface area contributed by atoms with Gasteiger partial charge >= 0.3 is 12.1 Å². The highest BCUT2D eigenvalue weighted by Gasteiger charge is 2.42. The normalized spacial score (nSPS) is 24.7. The second-order valence-electron chi connectivity index (χ2n) is 6.86. The number of imide groups is 1. The lowest BCUT2D eigenvalue weighted by Crippen LogP contribution is -2.61. The van der Waals surface area contributed by atoms with Gasteiger partial charge in [-0.3, -0.25) is 4.90 Å². The molecule has 3 aliphatic rings. The third kappa shape index (κ3) is 4.10. The largest absolute Gasteiger partial charge is 0.379 e. The van der Waals surface area contributed by atoms with Crippen LogP contribution in [0.1, 0.15) is 12.8 Å². The molecule has 4 amide bonds. The molecule has 3 heterocycles. The fraction of sp³-hybridized carbons (Fsp3) is 0.867. The standard InChI is InChI=1S/C15H26N4O5S2/c1-26(22,23)19-5-4-18(14(19)21)13(20)16-12-15(2-10-25-11-3-15)17-6-8-24-9-7-17/h2-12H2,1H3,(H,16,20). The Hall–Kier alpha value is -1.04. The third-order valence-corrected chi connectivity index (χ3v) is 7.42. The van der Waals surface area contributed by atoms with Crippen LogP contribution in [0.25, 0.3) is 0 Å². The number of carbonyl (C=O) groups excluding carboxylic acids is 2. The second kappa shape index (κ2) is 7.91. The molecule has 148 valence electrons. The van der Waals surface area contributed by atoms with Gasteiger partial charge in [0.2, 0.25) is 10.0 Å². The van der Waals surface area contributed by atoms with E-state index in [-0.39, 0.29) is 18.6 Å². The van der Waals surface area contributed by atoms with E-state index in [1.165, 1.54) is 0 Å². The second-order valence-corrected chi connectivity index (χ2v) is 10.00. The van der Waals surface area contributed by atoms with Crippen molar-refractivity contribution in [1.29, 1.82) is 0 Å². The summed E-state index contributed by atoms with van der Waals surface area (Å²) >= 11 is 1.92. The first-order chi connectivity index (χ1) is 12.3. The van der Waals surface area contributed by atoms with Crippen LogP contribution in [0.4, 0.5) is 9.59 Å². The maximum Gasteiger partial charge on any atom is 0.341 e. The van der Waals surface area contributed by atoms with Gasteiger partial charge in [0.1, 0.15) is 0 Å². The third-order valence-electron chi connectivity index (χ3n) is 5.29. The Morgan fingerprint density at radius 1 is 1.19 bits per heavy atom. The predicted molar refractivity (Wildman–Crippen MR) is 98.7 cm³/mol. The summed E-state index contributed by atoms with van der Waals surface area (Å²) in [5.41, 5.74) is -0.121. The van der Waals surface area contributed by atoms with Crippen LogP contribution in [0.15, 0.2) is 0 Å². The highest BCUT2D eigenvalue weighted by Crippen LogP contribution is 2.32. The Labute approximate surface area is 158 Å². The van der Waals surface area contributed by atoms with Crippen molar-refractivity contribution in [2.75, 3.05) is 63.7 Å². The van der Waals surface area contributed by atoms with Crippen LogP contribution in [0.2, 0.25) is 0 Å². The highest BCUT2D eigenvalue weighted by atomic mass is 32.2. The van der Waals surface area contributed by atoms with E-state index in [0.29, 0.717) is 19.8 Å². The van der Waals surface area contributed by atoms with Gasteiger partial charge in [0.15, 0.2) is 0 Å². The zero-order valence-corrected chi connectivity index (χ0v) is 16.6. The van der Waals surface area contributed by atoms with Crippen molar-refractivity contribution in [2.24, 2.45) is 0 Å². The molecule has 9 nitrogen and oxygen atoms in total. The van der Waals surface area contributed by atoms with Crippen LogP contribution in [0, 0.1) is 0 Å². The van der Waals surface area contributed by atoms with E-state index in [1.807, 2.05) is 11.8 Å². The minimum absolute atomic E-state index is 0.0103. The van der Waals surface area contributed by atoms with E-state index < -0.39 is 22.1 Å². The molecule has 0 aromatic carbocycles. The average molecular weight is 407 g/mol. The van der Waals surface area contributed by atoms with E-state index in [4.69, 9.17) is 4.74 Å². The molecule has 3 rings (SSSR count). The highest BCUT2D eigenvalue weighted by molar-refractivity contribution is 7.99. The SMILES string of the molecule is CS(=O)(=O)N1CCN(C(=O)NCC2(N3CCOCC3)CCSCC2)C1=O. The summed E-state index contributed by atoms with van der Waals surface area (Å²) in [6.45, 7) is 3.60. The summed E-state index contributed by atoms with van der Waals surface area (Å²) < 4.78 is 29.4. The number of rotatable bonds is 4. The molecule has 0 bridgehead atoms. The zero-order chi connectivity index (χ0) is 18.8. The first-order valence-electron chi connectivity index (χ1n) is 8.81. The van der Waals surface area contributed by atoms with Gasteiger partial charge in [-0.05, 0) is 24.3 Å². The Balaban J connectivity index is 1.64. The molecule has 3 fully saturated rings. The Bertz CT molecular complexity index is 644. The Morgan fingerprint density at radius 2 is 1.85 bits per heavy atom. The molecule has 1 N–H and O–H groups in total. The van der Waals surface area contributed by atoms with Crippen molar-refractivity contribution in [2.45, 2.75) is 18.4 Å². The van der Waals surface area contributed by atoms with Gasteiger partial charge in [-0.15, -0.1) is 0 Å². The molecule has 0 atom stereocenters. The number of sulfonamides is 1. The summed E-state index contributed by atoms with van der Waals surface area (Å²) in [5.74, 6) is 2.08. The number of nitrogens with one attached hydrogen (secondary N) is 1. The van der Waals surface area contributed by atoms with Crippen molar-refractivity contribution in [3.63, 3.8) is 0 Å². The van der Waals surface area contributed by atoms with Crippen LogP contribution in [0.5, 0.6) is 0 Å². The summed E-state index contributed by atoms with van der Waals surface area (Å²) in [4.78, 5) is 28.1. The van der Waals surface area contributed by atoms with Gasteiger partial charge in [0.25, 0.3) is 0 Å². The molecular formula is C15H26N4O5S2. The number of hydrogen-bond acceptors (Lipinski definition) is 7. The number of nitrogens with zero attached hydrogens (tertiary/aromatic N) is 3. The lowest BCUT2D eigenvalue weighted by atomic mass is 9.89. The molecule has 3 saturated heterocycles. The van der Waals surface area contributed by atoms with E-state index in [2.05, 4.69) is 10.2 Å². The predicted octanol–water partition coefficient (Wildman–Crippen LogP) is -0.00880. The lowest BCUT2D eigenvalue weighted by Gasteiger charge is -2.48. The quantitative estimate of drug-likeness (QED) is 0.701. The molecule has 0 spiro atoms. The van der Waals surface area contributed by atoms with Crippen molar-refractivity contribution in [3.05, 3.63) is 0 Å². The van der Waals surface area contributed by atoms with E-state index >= 15 is 0 Å². The monoisotopic (exact) mass is 406 g/mol. The van der Waals surface area contributed by atoms with Gasteiger partial charge in [-0.25, -0.2) is 27.2 Å². The lowest BCUT2D eigenvalue weighted by molar-refractivity contribution is -0.0252. The molecule has 0 unspecified atom stereocenters. The van der Waals surface area contributed by atoms with Crippen molar-refractivity contribution in [3.8, 4) is 0 Å². The molecule has 11 heteroatoms. The molecule has 3 aliphatic heterocycles. The number of amides is 4. The maximum atomic E-state index is 12.5. The number of urea groups is 2. The summed E-state index contributed by atoms with van der Waals surface area (Å²) in [6.07, 6.45) is 2.92. The first-order valence-corrected chi connectivity index (χ1v) is 11.8. The first kappa shape index (κ1) is 19.7. The number of carbonyl (C=O) groups is 2. The van der Waals surface area contributed by atoms with Crippen molar-refractivity contribution in [1.82, 2.24) is 19.4 Å². The Morgan fingerprint density at radius 3 is 2.42 bits per heavy atom. The van der Waals surface area contributed by atoms with Crippen LogP contribution in [0.3, 0.4) is 0 Å². The smallest absolute Gasteiger partial charge is 0.341 e. The van der Waals surface area contributed by atoms with Crippen molar-refractivity contribution < 1.29 is 22.7 Å². The fourth-order valence-corrected chi connectivity index (χ4v) is 5.79. The number of hydrogen-bond donors (Lipinski definition) is 1. The van der Waals surface area contributed by atoms with Crippen LogP contribution < -0.4 is 5.32 Å². The molecular weight excluding hydrogens is 380 g/mol. The number of thioether (sulfide) groups is 1. The molecule has 0 radical (unpaired) electrons. The minimum Gasteiger partial charge on any atom is -0.379 e. The van der Waals surface area contributed by atoms with Gasteiger partial charge in [-0.1, -0.05) is 0 Å². The van der Waals surface area contributed by atoms with Crippen LogP contribution in [-0.4, -0.2) is 104 Å². The molecule has 26 heavy (non-hydrogen) atoms. The van der Waals surface area contributed by atoms with Gasteiger partial charge < -0.3 is 10.1 Å². The fourth-order valence-electron chi connectivity index (χ4n) is 3.74. The number of morpholine rings is 1. The van der Waals surface area contributed by atoms with Gasteiger partial charge in [0.05, 0.1) is 32.6 Å². The van der Waals surface area contributed by atoms with E-state index in [1.54, 1.807) is 0 Å². The Kier molecular flexibility index (Phi) is 6.00. The van der Waals surface area contributed by atoms with E-state index in [0.717, 1.165) is 52.9 Å². The molecule has 0 aliphatic carbocycles. The molecule has 0 saturated carbocycles. The van der Waals surface area contributed by atoms with Gasteiger partial charge in [0, 0.05) is 25.2 Å². The summed E-state index contributed by atoms with van der Waals surface area (Å²) in [7, 11) is -3.65. The zero-order valence-electron chi connectivity index (χ0n) is 15.0. The summed E-state index contributed by atoms with van der Waals surface area (Å²) in [6, 6.07) is -1.29. The summed E-state index contributed by atoms with van der Waals surface area (Å²) in [5, 5.41) is 2.89. The van der Waals surface area contributed by atoms with Gasteiger partial charge in [-0.2, -0.15) is 11.8 Å². The minimum atomic E-state index is -3.65. The van der Waals surface area contributed by atoms with Crippen molar-refractivity contribution >= 4 is 33.8 Å². The molecule has 0 aromatic rings. The van der Waals surface area contributed by atoms with E-state index in [9.17, 15) is 18.0 Å². The van der Waals surface area contributed by atoms with Crippen LogP contribution in [-0.2, 0) is 14.8 Å². The maximum absolute atomic E-state index is 12.5. The molecule has 0 aromatic heterocycles. The topological polar surface area (TPSA) is 99.3 Å².